The van der Waals surface area contributed by atoms with Crippen molar-refractivity contribution < 1.29 is 4.39 Å². The van der Waals surface area contributed by atoms with Crippen LogP contribution in [-0.2, 0) is 5.88 Å². The Morgan fingerprint density at radius 3 is 2.00 bits per heavy atom. The second-order valence-corrected chi connectivity index (χ2v) is 4.78. The van der Waals surface area contributed by atoms with Gasteiger partial charge in [0.1, 0.15) is 5.82 Å². The summed E-state index contributed by atoms with van der Waals surface area (Å²) >= 11 is 17.5. The highest BCUT2D eigenvalue weighted by molar-refractivity contribution is 6.35. The fourth-order valence-electron chi connectivity index (χ4n) is 1.61. The van der Waals surface area contributed by atoms with Crippen LogP contribution in [0.25, 0.3) is 11.1 Å². The highest BCUT2D eigenvalue weighted by atomic mass is 35.5. The largest absolute Gasteiger partial charge is 0.207 e. The molecule has 17 heavy (non-hydrogen) atoms. The molecule has 0 N–H and O–H groups in total. The average molecular weight is 290 g/mol. The van der Waals surface area contributed by atoms with Crippen LogP contribution >= 0.6 is 34.8 Å². The van der Waals surface area contributed by atoms with Gasteiger partial charge in [-0.3, -0.25) is 0 Å². The minimum absolute atomic E-state index is 0.263. The van der Waals surface area contributed by atoms with Crippen LogP contribution in [0.5, 0.6) is 0 Å². The van der Waals surface area contributed by atoms with Crippen LogP contribution in [0, 0.1) is 5.82 Å². The first-order valence-corrected chi connectivity index (χ1v) is 6.19. The lowest BCUT2D eigenvalue weighted by Gasteiger charge is -2.06. The van der Waals surface area contributed by atoms with Crippen molar-refractivity contribution in [2.45, 2.75) is 5.88 Å². The van der Waals surface area contributed by atoms with E-state index >= 15 is 0 Å². The normalized spacial score (nSPS) is 10.6. The van der Waals surface area contributed by atoms with Crippen molar-refractivity contribution in [1.82, 2.24) is 0 Å². The van der Waals surface area contributed by atoms with Crippen LogP contribution in [0.2, 0.25) is 10.0 Å². The standard InChI is InChI=1S/C13H8Cl3F/c14-7-8-1-9(5-13(17)2-8)10-3-11(15)6-12(16)4-10/h1-6H,7H2. The molecule has 0 aliphatic heterocycles. The third-order valence-electron chi connectivity index (χ3n) is 2.31. The lowest BCUT2D eigenvalue weighted by Crippen LogP contribution is -1.86. The first-order valence-electron chi connectivity index (χ1n) is 4.90. The molecular formula is C13H8Cl3F. The molecule has 0 saturated carbocycles. The minimum Gasteiger partial charge on any atom is -0.207 e. The Bertz CT molecular complexity index is 532. The number of halogens is 4. The molecule has 0 heterocycles. The SMILES string of the molecule is Fc1cc(CCl)cc(-c2cc(Cl)cc(Cl)c2)c1. The maximum atomic E-state index is 13.4. The summed E-state index contributed by atoms with van der Waals surface area (Å²) in [5.41, 5.74) is 2.20. The van der Waals surface area contributed by atoms with Crippen molar-refractivity contribution in [2.24, 2.45) is 0 Å². The van der Waals surface area contributed by atoms with E-state index in [9.17, 15) is 4.39 Å². The molecule has 0 saturated heterocycles. The van der Waals surface area contributed by atoms with Crippen molar-refractivity contribution in [1.29, 1.82) is 0 Å². The number of hydrogen-bond donors (Lipinski definition) is 0. The van der Waals surface area contributed by atoms with Gasteiger partial charge in [0.05, 0.1) is 0 Å². The van der Waals surface area contributed by atoms with E-state index < -0.39 is 0 Å². The minimum atomic E-state index is -0.325. The zero-order chi connectivity index (χ0) is 12.4. The molecule has 0 aliphatic carbocycles. The van der Waals surface area contributed by atoms with Crippen LogP contribution in [0.3, 0.4) is 0 Å². The molecule has 0 aliphatic rings. The Kier molecular flexibility index (Phi) is 3.93. The Balaban J connectivity index is 2.55. The maximum Gasteiger partial charge on any atom is 0.124 e. The third-order valence-corrected chi connectivity index (χ3v) is 3.05. The zero-order valence-corrected chi connectivity index (χ0v) is 11.0. The summed E-state index contributed by atoms with van der Waals surface area (Å²) in [6, 6.07) is 9.76. The Hall–Kier alpha value is -0.760. The van der Waals surface area contributed by atoms with E-state index in [1.54, 1.807) is 18.2 Å². The fourth-order valence-corrected chi connectivity index (χ4v) is 2.30. The van der Waals surface area contributed by atoms with E-state index in [1.807, 2.05) is 6.07 Å². The highest BCUT2D eigenvalue weighted by Crippen LogP contribution is 2.28. The van der Waals surface area contributed by atoms with Gasteiger partial charge < -0.3 is 0 Å². The van der Waals surface area contributed by atoms with Gasteiger partial charge in [0.2, 0.25) is 0 Å². The second-order valence-electron chi connectivity index (χ2n) is 3.64. The highest BCUT2D eigenvalue weighted by Gasteiger charge is 2.05. The van der Waals surface area contributed by atoms with Gasteiger partial charge in [-0.05, 0) is 53.1 Å². The van der Waals surface area contributed by atoms with E-state index in [0.717, 1.165) is 11.1 Å². The van der Waals surface area contributed by atoms with Crippen LogP contribution in [-0.4, -0.2) is 0 Å². The van der Waals surface area contributed by atoms with Crippen molar-refractivity contribution in [3.63, 3.8) is 0 Å². The summed E-state index contributed by atoms with van der Waals surface area (Å²) < 4.78 is 13.4. The van der Waals surface area contributed by atoms with Crippen molar-refractivity contribution >= 4 is 34.8 Å². The molecule has 0 aromatic heterocycles. The molecule has 0 spiro atoms. The van der Waals surface area contributed by atoms with Gasteiger partial charge in [-0.2, -0.15) is 0 Å². The topological polar surface area (TPSA) is 0 Å². The first kappa shape index (κ1) is 12.7. The lowest BCUT2D eigenvalue weighted by atomic mass is 10.0. The van der Waals surface area contributed by atoms with E-state index in [1.165, 1.54) is 12.1 Å². The third kappa shape index (κ3) is 3.12. The first-order chi connectivity index (χ1) is 8.08. The Morgan fingerprint density at radius 1 is 0.824 bits per heavy atom. The molecule has 0 fully saturated rings. The molecule has 0 radical (unpaired) electrons. The van der Waals surface area contributed by atoms with Crippen molar-refractivity contribution in [3.05, 3.63) is 57.8 Å². The number of alkyl halides is 1. The van der Waals surface area contributed by atoms with Crippen molar-refractivity contribution in [3.8, 4) is 11.1 Å². The molecular weight excluding hydrogens is 282 g/mol. The zero-order valence-electron chi connectivity index (χ0n) is 8.68. The van der Waals surface area contributed by atoms with Gasteiger partial charge in [-0.25, -0.2) is 4.39 Å². The molecule has 2 aromatic carbocycles. The van der Waals surface area contributed by atoms with Gasteiger partial charge in [0.15, 0.2) is 0 Å². The molecule has 4 heteroatoms. The molecule has 2 aromatic rings. The average Bonchev–Trinajstić information content (AvgIpc) is 2.26. The van der Waals surface area contributed by atoms with E-state index in [4.69, 9.17) is 34.8 Å². The van der Waals surface area contributed by atoms with Crippen LogP contribution in [0.15, 0.2) is 36.4 Å². The number of rotatable bonds is 2. The van der Waals surface area contributed by atoms with E-state index in [0.29, 0.717) is 15.6 Å². The predicted molar refractivity (Wildman–Crippen MR) is 71.4 cm³/mol. The molecule has 2 rings (SSSR count). The Labute approximate surface area is 114 Å². The summed E-state index contributed by atoms with van der Waals surface area (Å²) in [5.74, 6) is -0.0618. The number of hydrogen-bond acceptors (Lipinski definition) is 0. The molecule has 0 amide bonds. The van der Waals surface area contributed by atoms with Gasteiger partial charge >= 0.3 is 0 Å². The molecule has 0 unspecified atom stereocenters. The summed E-state index contributed by atoms with van der Waals surface area (Å²) in [7, 11) is 0. The quantitative estimate of drug-likeness (QED) is 0.637. The van der Waals surface area contributed by atoms with Gasteiger partial charge in [0.25, 0.3) is 0 Å². The lowest BCUT2D eigenvalue weighted by molar-refractivity contribution is 0.627. The number of benzene rings is 2. The summed E-state index contributed by atoms with van der Waals surface area (Å²) in [4.78, 5) is 0. The summed E-state index contributed by atoms with van der Waals surface area (Å²) in [6.45, 7) is 0. The van der Waals surface area contributed by atoms with E-state index in [2.05, 4.69) is 0 Å². The second kappa shape index (κ2) is 5.26. The fraction of sp³-hybridized carbons (Fsp3) is 0.0769. The summed E-state index contributed by atoms with van der Waals surface area (Å²) in [5, 5.41) is 1.04. The molecule has 88 valence electrons. The van der Waals surface area contributed by atoms with Crippen LogP contribution < -0.4 is 0 Å². The van der Waals surface area contributed by atoms with E-state index in [-0.39, 0.29) is 11.7 Å². The molecule has 0 atom stereocenters. The summed E-state index contributed by atoms with van der Waals surface area (Å²) in [6.07, 6.45) is 0. The molecule has 0 bridgehead atoms. The maximum absolute atomic E-state index is 13.4. The van der Waals surface area contributed by atoms with Gasteiger partial charge in [0, 0.05) is 15.9 Å². The smallest absolute Gasteiger partial charge is 0.124 e. The van der Waals surface area contributed by atoms with Crippen molar-refractivity contribution in [2.75, 3.05) is 0 Å². The van der Waals surface area contributed by atoms with Crippen LogP contribution in [0.1, 0.15) is 5.56 Å². The monoisotopic (exact) mass is 288 g/mol. The van der Waals surface area contributed by atoms with Crippen LogP contribution in [0.4, 0.5) is 4.39 Å². The predicted octanol–water partition coefficient (Wildman–Crippen LogP) is 5.54. The Morgan fingerprint density at radius 2 is 1.41 bits per heavy atom. The molecule has 0 nitrogen and oxygen atoms in total. The van der Waals surface area contributed by atoms with Gasteiger partial charge in [-0.15, -0.1) is 11.6 Å². The van der Waals surface area contributed by atoms with Gasteiger partial charge in [-0.1, -0.05) is 23.2 Å².